The fraction of sp³-hybridized carbons (Fsp3) is 0.897. The van der Waals surface area contributed by atoms with Gasteiger partial charge in [0, 0.05) is 24.3 Å². The van der Waals surface area contributed by atoms with Crippen molar-refractivity contribution < 1.29 is 9.90 Å². The summed E-state index contributed by atoms with van der Waals surface area (Å²) in [6.07, 6.45) is 25.9. The highest BCUT2D eigenvalue weighted by molar-refractivity contribution is 8.15. The maximum atomic E-state index is 11.3. The van der Waals surface area contributed by atoms with E-state index >= 15 is 0 Å². The van der Waals surface area contributed by atoms with E-state index in [1.807, 2.05) is 13.8 Å². The zero-order valence-electron chi connectivity index (χ0n) is 22.8. The maximum absolute atomic E-state index is 11.3. The molecule has 0 aromatic rings. The van der Waals surface area contributed by atoms with Crippen molar-refractivity contribution in [1.82, 2.24) is 5.32 Å². The Kier molecular flexibility index (Phi) is 15.7. The average Bonchev–Trinajstić information content (AvgIpc) is 3.14. The third-order valence-electron chi connectivity index (χ3n) is 7.32. The highest BCUT2D eigenvalue weighted by atomic mass is 32.2. The van der Waals surface area contributed by atoms with Gasteiger partial charge in [-0.1, -0.05) is 89.9 Å². The number of carbonyl (C=O) groups is 1. The van der Waals surface area contributed by atoms with Gasteiger partial charge < -0.3 is 10.4 Å². The third-order valence-corrected chi connectivity index (χ3v) is 8.61. The molecule has 6 heteroatoms. The van der Waals surface area contributed by atoms with Gasteiger partial charge in [0.05, 0.1) is 10.9 Å². The topological polar surface area (TPSA) is 74.0 Å². The Morgan fingerprint density at radius 1 is 0.857 bits per heavy atom. The fourth-order valence-corrected chi connectivity index (χ4v) is 6.38. The van der Waals surface area contributed by atoms with Gasteiger partial charge in [-0.2, -0.15) is 0 Å². The minimum Gasteiger partial charge on any atom is -0.480 e. The zero-order chi connectivity index (χ0) is 25.2. The Labute approximate surface area is 219 Å². The number of aliphatic carboxylic acids is 1. The first-order valence-corrected chi connectivity index (χ1v) is 15.6. The Bertz CT molecular complexity index is 648. The van der Waals surface area contributed by atoms with Crippen LogP contribution >= 0.6 is 11.8 Å². The number of nitrogens with zero attached hydrogens (tertiary/aromatic N) is 2. The van der Waals surface area contributed by atoms with Crippen molar-refractivity contribution in [1.29, 1.82) is 0 Å². The van der Waals surface area contributed by atoms with Crippen molar-refractivity contribution in [2.75, 3.05) is 13.1 Å². The lowest BCUT2D eigenvalue weighted by Gasteiger charge is -2.20. The lowest BCUT2D eigenvalue weighted by atomic mass is 10.0. The third kappa shape index (κ3) is 13.7. The van der Waals surface area contributed by atoms with Crippen LogP contribution in [0.3, 0.4) is 0 Å². The highest BCUT2D eigenvalue weighted by Crippen LogP contribution is 2.39. The largest absolute Gasteiger partial charge is 0.480 e. The van der Waals surface area contributed by atoms with Crippen LogP contribution < -0.4 is 5.32 Å². The van der Waals surface area contributed by atoms with E-state index in [-0.39, 0.29) is 4.75 Å². The van der Waals surface area contributed by atoms with Crippen molar-refractivity contribution in [2.45, 2.75) is 153 Å². The molecule has 2 N–H and O–H groups in total. The molecule has 5 nitrogen and oxygen atoms in total. The summed E-state index contributed by atoms with van der Waals surface area (Å²) in [6, 6.07) is -0.588. The number of amidine groups is 1. The van der Waals surface area contributed by atoms with Crippen LogP contribution in [0.2, 0.25) is 0 Å². The number of nitrogens with one attached hydrogen (secondary N) is 1. The van der Waals surface area contributed by atoms with Crippen LogP contribution in [0, 0.1) is 0 Å². The number of unbranched alkanes of at least 4 members (excludes halogenated alkanes) is 8. The molecular weight excluding hydrogens is 454 g/mol. The number of rotatable bonds is 13. The summed E-state index contributed by atoms with van der Waals surface area (Å²) in [7, 11) is 0. The van der Waals surface area contributed by atoms with Crippen molar-refractivity contribution in [2.24, 2.45) is 9.98 Å². The van der Waals surface area contributed by atoms with Crippen LogP contribution in [0.25, 0.3) is 0 Å². The van der Waals surface area contributed by atoms with E-state index in [9.17, 15) is 9.90 Å². The Balaban J connectivity index is 1.43. The van der Waals surface area contributed by atoms with Gasteiger partial charge >= 0.3 is 5.97 Å². The van der Waals surface area contributed by atoms with Gasteiger partial charge in [0.1, 0.15) is 0 Å². The molecule has 1 unspecified atom stereocenters. The van der Waals surface area contributed by atoms with Crippen molar-refractivity contribution in [3.8, 4) is 0 Å². The first-order valence-electron chi connectivity index (χ1n) is 14.7. The van der Waals surface area contributed by atoms with E-state index < -0.39 is 12.0 Å². The molecule has 2 rings (SSSR count). The first-order chi connectivity index (χ1) is 17.0. The molecule has 2 heterocycles. The highest BCUT2D eigenvalue weighted by Gasteiger charge is 2.41. The second-order valence-electron chi connectivity index (χ2n) is 11.1. The molecule has 0 saturated carbocycles. The number of hydrogen-bond donors (Lipinski definition) is 2. The van der Waals surface area contributed by atoms with Crippen molar-refractivity contribution in [3.05, 3.63) is 0 Å². The van der Waals surface area contributed by atoms with E-state index in [0.717, 1.165) is 37.4 Å². The van der Waals surface area contributed by atoms with Gasteiger partial charge in [-0.25, -0.2) is 4.79 Å². The lowest BCUT2D eigenvalue weighted by Crippen LogP contribution is -2.34. The van der Waals surface area contributed by atoms with Gasteiger partial charge in [0.15, 0.2) is 6.04 Å². The van der Waals surface area contributed by atoms with E-state index in [2.05, 4.69) is 10.3 Å². The monoisotopic (exact) mass is 507 g/mol. The minimum absolute atomic E-state index is 0.309. The number of hydrogen-bond acceptors (Lipinski definition) is 5. The van der Waals surface area contributed by atoms with Crippen molar-refractivity contribution >= 4 is 28.6 Å². The number of aliphatic imine (C=N–C) groups is 2. The Hall–Kier alpha value is -1.04. The summed E-state index contributed by atoms with van der Waals surface area (Å²) in [5.41, 5.74) is 0. The maximum Gasteiger partial charge on any atom is 0.329 e. The van der Waals surface area contributed by atoms with Crippen LogP contribution in [0.5, 0.6) is 0 Å². The van der Waals surface area contributed by atoms with Crippen LogP contribution in [0.15, 0.2) is 9.98 Å². The normalized spacial score (nSPS) is 21.8. The van der Waals surface area contributed by atoms with Crippen molar-refractivity contribution in [3.63, 3.8) is 0 Å². The molecule has 0 spiro atoms. The molecule has 0 aromatic heterocycles. The van der Waals surface area contributed by atoms with Gasteiger partial charge in [0.2, 0.25) is 0 Å². The predicted octanol–water partition coefficient (Wildman–Crippen LogP) is 8.17. The summed E-state index contributed by atoms with van der Waals surface area (Å²) >= 11 is 1.66. The molecule has 0 radical (unpaired) electrons. The van der Waals surface area contributed by atoms with Gasteiger partial charge in [-0.15, -0.1) is 11.8 Å². The van der Waals surface area contributed by atoms with Gasteiger partial charge in [0.25, 0.3) is 0 Å². The Morgan fingerprint density at radius 2 is 1.40 bits per heavy atom. The second-order valence-corrected chi connectivity index (χ2v) is 12.8. The van der Waals surface area contributed by atoms with E-state index in [1.165, 1.54) is 115 Å². The molecule has 1 atom stereocenters. The van der Waals surface area contributed by atoms with Crippen LogP contribution in [-0.2, 0) is 4.79 Å². The Morgan fingerprint density at radius 3 is 2.00 bits per heavy atom. The SMILES string of the molecule is CC1(C)SC(CCCCCCCCCCCNC2=NCCCCCCCCCCC2)=NC1C(=O)O. The zero-order valence-corrected chi connectivity index (χ0v) is 23.6. The number of thioether (sulfide) groups is 1. The summed E-state index contributed by atoms with van der Waals surface area (Å²) in [4.78, 5) is 20.7. The number of carboxylic acid groups (broad SMARTS) is 1. The van der Waals surface area contributed by atoms with E-state index in [4.69, 9.17) is 4.99 Å². The molecule has 35 heavy (non-hydrogen) atoms. The molecule has 2 aliphatic heterocycles. The first kappa shape index (κ1) is 30.2. The summed E-state index contributed by atoms with van der Waals surface area (Å²) < 4.78 is -0.309. The molecular formula is C29H53N3O2S. The fourth-order valence-electron chi connectivity index (χ4n) is 5.10. The quantitative estimate of drug-likeness (QED) is 0.247. The molecule has 2 aliphatic rings. The molecule has 0 fully saturated rings. The van der Waals surface area contributed by atoms with Crippen LogP contribution in [-0.4, -0.2) is 45.8 Å². The van der Waals surface area contributed by atoms with Gasteiger partial charge in [-0.3, -0.25) is 9.98 Å². The molecule has 0 saturated heterocycles. The average molecular weight is 508 g/mol. The van der Waals surface area contributed by atoms with Crippen LogP contribution in [0.4, 0.5) is 0 Å². The van der Waals surface area contributed by atoms with E-state index in [1.54, 1.807) is 11.8 Å². The lowest BCUT2D eigenvalue weighted by molar-refractivity contribution is -0.138. The summed E-state index contributed by atoms with van der Waals surface area (Å²) in [5.74, 6) is 0.474. The predicted molar refractivity (Wildman–Crippen MR) is 153 cm³/mol. The molecule has 202 valence electrons. The summed E-state index contributed by atoms with van der Waals surface area (Å²) in [5, 5.41) is 14.0. The smallest absolute Gasteiger partial charge is 0.329 e. The van der Waals surface area contributed by atoms with E-state index in [0.29, 0.717) is 0 Å². The second kappa shape index (κ2) is 18.2. The minimum atomic E-state index is -0.797. The molecule has 0 bridgehead atoms. The molecule has 0 aromatic carbocycles. The number of carboxylic acids is 1. The van der Waals surface area contributed by atoms with Crippen LogP contribution in [0.1, 0.15) is 142 Å². The standard InChI is InChI=1S/C29H53N3O2S/c1-29(2)27(28(33)34)32-26(35-29)22-18-14-10-6-4-8-12-16-20-24-31-25-21-17-13-9-5-3-7-11-15-19-23-30-25/h27H,3-24H2,1-2H3,(H,30,31)(H,33,34). The summed E-state index contributed by atoms with van der Waals surface area (Å²) in [6.45, 7) is 6.07. The molecule has 0 aliphatic carbocycles. The van der Waals surface area contributed by atoms with Gasteiger partial charge in [-0.05, 0) is 46.0 Å². The molecule has 0 amide bonds.